The highest BCUT2D eigenvalue weighted by Crippen LogP contribution is 2.25. The summed E-state index contributed by atoms with van der Waals surface area (Å²) in [5, 5.41) is 15.3. The van der Waals surface area contributed by atoms with Crippen LogP contribution in [0, 0.1) is 6.92 Å². The van der Waals surface area contributed by atoms with Crippen LogP contribution < -0.4 is 10.1 Å². The summed E-state index contributed by atoms with van der Waals surface area (Å²) in [6.45, 7) is 10.5. The van der Waals surface area contributed by atoms with Crippen LogP contribution in [-0.4, -0.2) is 59.9 Å². The summed E-state index contributed by atoms with van der Waals surface area (Å²) in [7, 11) is 0. The molecule has 5 nitrogen and oxygen atoms in total. The molecule has 0 saturated carbocycles. The molecule has 1 saturated heterocycles. The van der Waals surface area contributed by atoms with E-state index in [-0.39, 0.29) is 0 Å². The van der Waals surface area contributed by atoms with Crippen LogP contribution in [-0.2, 0) is 0 Å². The normalized spacial score (nSPS) is 14.7. The SMILES string of the molecule is CC(C)NCC(O)COc1cccc2ccccc12.Cc1ccc(/C(=C\CN2CCCC2)c2ccccn2)cc1. The standard InChI is InChI=1S/C19H22N2.C16H21NO2/c1-16-7-9-17(10-8-16)18(19-6-2-3-12-20-19)11-15-21-13-4-5-14-21;1-12(2)17-10-14(18)11-19-16-9-5-7-13-6-3-4-8-15(13)16/h2-3,6-12H,4-5,13-15H2,1H3;3-9,12,14,17-18H,10-11H2,1-2H3/b18-11+;. The average Bonchev–Trinajstić information content (AvgIpc) is 3.51. The van der Waals surface area contributed by atoms with Gasteiger partial charge < -0.3 is 15.2 Å². The molecule has 1 aliphatic rings. The minimum atomic E-state index is -0.499. The molecule has 1 aromatic heterocycles. The second-order valence-corrected chi connectivity index (χ2v) is 10.7. The fraction of sp³-hybridized carbons (Fsp3) is 0.343. The minimum Gasteiger partial charge on any atom is -0.490 e. The van der Waals surface area contributed by atoms with Crippen molar-refractivity contribution in [3.63, 3.8) is 0 Å². The molecule has 1 fully saturated rings. The van der Waals surface area contributed by atoms with E-state index in [0.717, 1.165) is 28.8 Å². The van der Waals surface area contributed by atoms with E-state index >= 15 is 0 Å². The van der Waals surface area contributed by atoms with Gasteiger partial charge in [-0.1, -0.05) is 92.2 Å². The lowest BCUT2D eigenvalue weighted by Crippen LogP contribution is -2.35. The maximum absolute atomic E-state index is 9.84. The molecule has 3 aromatic carbocycles. The molecule has 2 heterocycles. The third kappa shape index (κ3) is 9.02. The first-order valence-electron chi connectivity index (χ1n) is 14.4. The van der Waals surface area contributed by atoms with Crippen LogP contribution in [0.2, 0.25) is 0 Å². The third-order valence-corrected chi connectivity index (χ3v) is 7.00. The second-order valence-electron chi connectivity index (χ2n) is 10.7. The topological polar surface area (TPSA) is 57.6 Å². The Kier molecular flexibility index (Phi) is 11.3. The lowest BCUT2D eigenvalue weighted by atomic mass is 10.0. The van der Waals surface area contributed by atoms with Gasteiger partial charge in [0.15, 0.2) is 0 Å². The number of hydrogen-bond donors (Lipinski definition) is 2. The summed E-state index contributed by atoms with van der Waals surface area (Å²) in [5.41, 5.74) is 4.83. The Bertz CT molecular complexity index is 1320. The number of fused-ring (bicyclic) bond motifs is 1. The van der Waals surface area contributed by atoms with Gasteiger partial charge in [-0.15, -0.1) is 0 Å². The van der Waals surface area contributed by atoms with Gasteiger partial charge in [0.05, 0.1) is 5.69 Å². The van der Waals surface area contributed by atoms with Crippen molar-refractivity contribution in [2.45, 2.75) is 45.8 Å². The number of benzene rings is 3. The van der Waals surface area contributed by atoms with E-state index in [9.17, 15) is 5.11 Å². The summed E-state index contributed by atoms with van der Waals surface area (Å²) >= 11 is 0. The van der Waals surface area contributed by atoms with Crippen molar-refractivity contribution < 1.29 is 9.84 Å². The number of ether oxygens (including phenoxy) is 1. The Labute approximate surface area is 239 Å². The van der Waals surface area contributed by atoms with Gasteiger partial charge in [-0.2, -0.15) is 0 Å². The van der Waals surface area contributed by atoms with Gasteiger partial charge >= 0.3 is 0 Å². The number of likely N-dealkylation sites (tertiary alicyclic amines) is 1. The van der Waals surface area contributed by atoms with E-state index in [4.69, 9.17) is 4.74 Å². The lowest BCUT2D eigenvalue weighted by Gasteiger charge is -2.15. The molecule has 1 atom stereocenters. The Morgan fingerprint density at radius 1 is 0.950 bits per heavy atom. The average molecular weight is 538 g/mol. The molecule has 0 bridgehead atoms. The number of aromatic nitrogens is 1. The number of aryl methyl sites for hydroxylation is 1. The van der Waals surface area contributed by atoms with Crippen molar-refractivity contribution in [2.24, 2.45) is 0 Å². The Hall–Kier alpha value is -3.51. The fourth-order valence-corrected chi connectivity index (χ4v) is 4.75. The molecule has 40 heavy (non-hydrogen) atoms. The molecule has 1 unspecified atom stereocenters. The molecule has 1 aliphatic heterocycles. The van der Waals surface area contributed by atoms with E-state index in [2.05, 4.69) is 90.6 Å². The molecular formula is C35H43N3O2. The molecule has 0 radical (unpaired) electrons. The number of aliphatic hydroxyl groups excluding tert-OH is 1. The number of aliphatic hydroxyl groups is 1. The summed E-state index contributed by atoms with van der Waals surface area (Å²) in [6.07, 6.45) is 6.36. The van der Waals surface area contributed by atoms with Gasteiger partial charge in [0, 0.05) is 36.3 Å². The van der Waals surface area contributed by atoms with Crippen molar-refractivity contribution in [1.82, 2.24) is 15.2 Å². The van der Waals surface area contributed by atoms with E-state index in [1.807, 2.05) is 42.6 Å². The number of nitrogens with zero attached hydrogens (tertiary/aromatic N) is 2. The number of nitrogens with one attached hydrogen (secondary N) is 1. The van der Waals surface area contributed by atoms with E-state index in [0.29, 0.717) is 19.2 Å². The largest absolute Gasteiger partial charge is 0.490 e. The van der Waals surface area contributed by atoms with Gasteiger partial charge in [-0.05, 0) is 62.0 Å². The summed E-state index contributed by atoms with van der Waals surface area (Å²) in [5.74, 6) is 0.821. The molecular weight excluding hydrogens is 494 g/mol. The highest BCUT2D eigenvalue weighted by atomic mass is 16.5. The zero-order chi connectivity index (χ0) is 28.2. The van der Waals surface area contributed by atoms with E-state index in [1.54, 1.807) is 0 Å². The van der Waals surface area contributed by atoms with Crippen LogP contribution in [0.5, 0.6) is 5.75 Å². The number of pyridine rings is 1. The first kappa shape index (κ1) is 29.5. The highest BCUT2D eigenvalue weighted by Gasteiger charge is 2.12. The predicted octanol–water partition coefficient (Wildman–Crippen LogP) is 6.50. The monoisotopic (exact) mass is 537 g/mol. The van der Waals surface area contributed by atoms with Crippen LogP contribution in [0.4, 0.5) is 0 Å². The van der Waals surface area contributed by atoms with Crippen molar-refractivity contribution in [3.05, 3.63) is 114 Å². The predicted molar refractivity (Wildman–Crippen MR) is 167 cm³/mol. The first-order valence-corrected chi connectivity index (χ1v) is 14.4. The fourth-order valence-electron chi connectivity index (χ4n) is 4.75. The van der Waals surface area contributed by atoms with E-state index < -0.39 is 6.10 Å². The second kappa shape index (κ2) is 15.3. The zero-order valence-electron chi connectivity index (χ0n) is 24.1. The van der Waals surface area contributed by atoms with Gasteiger partial charge in [0.1, 0.15) is 18.5 Å². The Morgan fingerprint density at radius 2 is 1.68 bits per heavy atom. The Balaban J connectivity index is 0.000000186. The zero-order valence-corrected chi connectivity index (χ0v) is 24.1. The number of rotatable bonds is 10. The maximum atomic E-state index is 9.84. The number of hydrogen-bond acceptors (Lipinski definition) is 5. The molecule has 2 N–H and O–H groups in total. The highest BCUT2D eigenvalue weighted by molar-refractivity contribution is 5.88. The molecule has 5 rings (SSSR count). The van der Waals surface area contributed by atoms with E-state index in [1.165, 1.54) is 42.6 Å². The molecule has 5 heteroatoms. The lowest BCUT2D eigenvalue weighted by molar-refractivity contribution is 0.105. The van der Waals surface area contributed by atoms with Crippen LogP contribution >= 0.6 is 0 Å². The van der Waals surface area contributed by atoms with Crippen molar-refractivity contribution in [1.29, 1.82) is 0 Å². The van der Waals surface area contributed by atoms with Gasteiger partial charge in [-0.3, -0.25) is 9.88 Å². The van der Waals surface area contributed by atoms with Gasteiger partial charge in [-0.25, -0.2) is 0 Å². The van der Waals surface area contributed by atoms with Crippen LogP contribution in [0.25, 0.3) is 16.3 Å². The van der Waals surface area contributed by atoms with Gasteiger partial charge in [0.2, 0.25) is 0 Å². The van der Waals surface area contributed by atoms with Gasteiger partial charge in [0.25, 0.3) is 0 Å². The van der Waals surface area contributed by atoms with Crippen molar-refractivity contribution in [2.75, 3.05) is 32.8 Å². The van der Waals surface area contributed by atoms with Crippen molar-refractivity contribution >= 4 is 16.3 Å². The third-order valence-electron chi connectivity index (χ3n) is 7.00. The first-order chi connectivity index (χ1) is 19.5. The maximum Gasteiger partial charge on any atom is 0.127 e. The summed E-state index contributed by atoms with van der Waals surface area (Å²) in [6, 6.07) is 29.3. The molecule has 0 spiro atoms. The molecule has 0 aliphatic carbocycles. The van der Waals surface area contributed by atoms with Crippen LogP contribution in [0.15, 0.2) is 97.2 Å². The summed E-state index contributed by atoms with van der Waals surface area (Å²) < 4.78 is 5.72. The smallest absolute Gasteiger partial charge is 0.127 e. The Morgan fingerprint density at radius 3 is 2.40 bits per heavy atom. The molecule has 4 aromatic rings. The van der Waals surface area contributed by atoms with Crippen LogP contribution in [0.3, 0.4) is 0 Å². The van der Waals surface area contributed by atoms with Crippen LogP contribution in [0.1, 0.15) is 43.5 Å². The summed E-state index contributed by atoms with van der Waals surface area (Å²) in [4.78, 5) is 7.05. The quantitative estimate of drug-likeness (QED) is 0.242. The minimum absolute atomic E-state index is 0.299. The molecule has 0 amide bonds. The molecule has 210 valence electrons. The van der Waals surface area contributed by atoms with Crippen molar-refractivity contribution in [3.8, 4) is 5.75 Å².